The van der Waals surface area contributed by atoms with Crippen molar-refractivity contribution in [3.8, 4) is 11.3 Å². The molecule has 0 bridgehead atoms. The maximum atomic E-state index is 12.6. The Bertz CT molecular complexity index is 819. The predicted octanol–water partition coefficient (Wildman–Crippen LogP) is 3.51. The molecule has 1 aromatic carbocycles. The Kier molecular flexibility index (Phi) is 3.50. The highest BCUT2D eigenvalue weighted by Crippen LogP contribution is 2.26. The summed E-state index contributed by atoms with van der Waals surface area (Å²) in [6.45, 7) is 5.33. The Morgan fingerprint density at radius 2 is 1.68 bits per heavy atom. The van der Waals surface area contributed by atoms with Crippen molar-refractivity contribution in [1.29, 1.82) is 0 Å². The fourth-order valence-electron chi connectivity index (χ4n) is 2.14. The second-order valence-corrected chi connectivity index (χ2v) is 4.99. The summed E-state index contributed by atoms with van der Waals surface area (Å²) in [4.78, 5) is 12.6. The SMILES string of the molecule is Cc1onc(NC(=O)c2c(-c3ccccc3)noc2C)c1C. The molecule has 3 rings (SSSR count). The first-order chi connectivity index (χ1) is 10.6. The summed E-state index contributed by atoms with van der Waals surface area (Å²) >= 11 is 0. The van der Waals surface area contributed by atoms with Gasteiger partial charge in [-0.05, 0) is 20.8 Å². The van der Waals surface area contributed by atoms with Crippen molar-refractivity contribution in [3.63, 3.8) is 0 Å². The molecule has 112 valence electrons. The van der Waals surface area contributed by atoms with Crippen molar-refractivity contribution in [1.82, 2.24) is 10.3 Å². The van der Waals surface area contributed by atoms with E-state index in [1.54, 1.807) is 13.8 Å². The number of aryl methyl sites for hydroxylation is 2. The average Bonchev–Trinajstić information content (AvgIpc) is 3.06. The van der Waals surface area contributed by atoms with Crippen LogP contribution in [0.3, 0.4) is 0 Å². The zero-order valence-corrected chi connectivity index (χ0v) is 12.5. The molecular formula is C16H15N3O3. The van der Waals surface area contributed by atoms with Gasteiger partial charge in [0, 0.05) is 11.1 Å². The molecule has 0 atom stereocenters. The number of benzene rings is 1. The van der Waals surface area contributed by atoms with Gasteiger partial charge >= 0.3 is 0 Å². The van der Waals surface area contributed by atoms with Gasteiger partial charge in [0.15, 0.2) is 5.82 Å². The van der Waals surface area contributed by atoms with Crippen molar-refractivity contribution >= 4 is 11.7 Å². The van der Waals surface area contributed by atoms with Gasteiger partial charge in [0.2, 0.25) is 0 Å². The van der Waals surface area contributed by atoms with Crippen LogP contribution >= 0.6 is 0 Å². The molecule has 0 fully saturated rings. The molecule has 1 amide bonds. The zero-order chi connectivity index (χ0) is 15.7. The summed E-state index contributed by atoms with van der Waals surface area (Å²) in [6, 6.07) is 9.41. The van der Waals surface area contributed by atoms with Gasteiger partial charge in [-0.3, -0.25) is 4.79 Å². The number of nitrogens with one attached hydrogen (secondary N) is 1. The van der Waals surface area contributed by atoms with E-state index < -0.39 is 0 Å². The Hall–Kier alpha value is -2.89. The van der Waals surface area contributed by atoms with Gasteiger partial charge in [-0.15, -0.1) is 0 Å². The van der Waals surface area contributed by atoms with E-state index in [-0.39, 0.29) is 5.91 Å². The van der Waals surface area contributed by atoms with E-state index in [1.807, 2.05) is 37.3 Å². The highest BCUT2D eigenvalue weighted by atomic mass is 16.5. The van der Waals surface area contributed by atoms with Crippen LogP contribution in [0.15, 0.2) is 39.4 Å². The van der Waals surface area contributed by atoms with Crippen LogP contribution in [0, 0.1) is 20.8 Å². The third kappa shape index (κ3) is 2.39. The van der Waals surface area contributed by atoms with Crippen molar-refractivity contribution in [3.05, 3.63) is 53.0 Å². The molecule has 0 spiro atoms. The Balaban J connectivity index is 1.96. The van der Waals surface area contributed by atoms with Gasteiger partial charge in [-0.2, -0.15) is 0 Å². The second-order valence-electron chi connectivity index (χ2n) is 4.99. The van der Waals surface area contributed by atoms with Gasteiger partial charge in [0.1, 0.15) is 22.8 Å². The van der Waals surface area contributed by atoms with E-state index in [9.17, 15) is 4.79 Å². The van der Waals surface area contributed by atoms with E-state index in [4.69, 9.17) is 9.05 Å². The number of carbonyl (C=O) groups excluding carboxylic acids is 1. The predicted molar refractivity (Wildman–Crippen MR) is 80.6 cm³/mol. The number of rotatable bonds is 3. The van der Waals surface area contributed by atoms with Crippen LogP contribution < -0.4 is 5.32 Å². The molecule has 3 aromatic rings. The summed E-state index contributed by atoms with van der Waals surface area (Å²) in [5, 5.41) is 10.6. The number of hydrogen-bond acceptors (Lipinski definition) is 5. The molecule has 0 aliphatic carbocycles. The topological polar surface area (TPSA) is 81.2 Å². The minimum atomic E-state index is -0.325. The maximum Gasteiger partial charge on any atom is 0.262 e. The Morgan fingerprint density at radius 3 is 2.32 bits per heavy atom. The lowest BCUT2D eigenvalue weighted by atomic mass is 10.1. The summed E-state index contributed by atoms with van der Waals surface area (Å²) in [6.07, 6.45) is 0. The monoisotopic (exact) mass is 297 g/mol. The minimum absolute atomic E-state index is 0.325. The average molecular weight is 297 g/mol. The molecule has 6 nitrogen and oxygen atoms in total. The summed E-state index contributed by atoms with van der Waals surface area (Å²) < 4.78 is 10.2. The summed E-state index contributed by atoms with van der Waals surface area (Å²) in [5.74, 6) is 1.20. The lowest BCUT2D eigenvalue weighted by Gasteiger charge is -2.03. The van der Waals surface area contributed by atoms with Crippen LogP contribution in [0.2, 0.25) is 0 Å². The van der Waals surface area contributed by atoms with Crippen LogP contribution in [0.4, 0.5) is 5.82 Å². The molecule has 0 saturated heterocycles. The van der Waals surface area contributed by atoms with Crippen LogP contribution in [0.5, 0.6) is 0 Å². The molecule has 6 heteroatoms. The van der Waals surface area contributed by atoms with Crippen molar-refractivity contribution in [2.24, 2.45) is 0 Å². The highest BCUT2D eigenvalue weighted by molar-refractivity contribution is 6.08. The standard InChI is InChI=1S/C16H15N3O3/c1-9-10(2)21-19-15(9)17-16(20)13-11(3)22-18-14(13)12-7-5-4-6-8-12/h4-8H,1-3H3,(H,17,19,20). The molecule has 0 aliphatic rings. The van der Waals surface area contributed by atoms with Gasteiger partial charge in [0.05, 0.1) is 0 Å². The number of nitrogens with zero attached hydrogens (tertiary/aromatic N) is 2. The third-order valence-corrected chi connectivity index (χ3v) is 3.53. The maximum absolute atomic E-state index is 12.6. The quantitative estimate of drug-likeness (QED) is 0.800. The molecule has 0 unspecified atom stereocenters. The van der Waals surface area contributed by atoms with Crippen molar-refractivity contribution in [2.75, 3.05) is 5.32 Å². The van der Waals surface area contributed by atoms with Crippen LogP contribution in [-0.2, 0) is 0 Å². The molecular weight excluding hydrogens is 282 g/mol. The van der Waals surface area contributed by atoms with E-state index in [2.05, 4.69) is 15.6 Å². The number of aromatic nitrogens is 2. The van der Waals surface area contributed by atoms with Crippen molar-refractivity contribution in [2.45, 2.75) is 20.8 Å². The largest absolute Gasteiger partial charge is 0.360 e. The van der Waals surface area contributed by atoms with Crippen LogP contribution in [-0.4, -0.2) is 16.2 Å². The first kappa shape index (κ1) is 14.1. The first-order valence-corrected chi connectivity index (χ1v) is 6.84. The minimum Gasteiger partial charge on any atom is -0.360 e. The highest BCUT2D eigenvalue weighted by Gasteiger charge is 2.23. The van der Waals surface area contributed by atoms with Gasteiger partial charge in [0.25, 0.3) is 5.91 Å². The fourth-order valence-corrected chi connectivity index (χ4v) is 2.14. The van der Waals surface area contributed by atoms with Crippen LogP contribution in [0.25, 0.3) is 11.3 Å². The fraction of sp³-hybridized carbons (Fsp3) is 0.188. The van der Waals surface area contributed by atoms with Gasteiger partial charge in [-0.1, -0.05) is 40.6 Å². The van der Waals surface area contributed by atoms with E-state index >= 15 is 0 Å². The van der Waals surface area contributed by atoms with Gasteiger partial charge in [-0.25, -0.2) is 0 Å². The first-order valence-electron chi connectivity index (χ1n) is 6.84. The summed E-state index contributed by atoms with van der Waals surface area (Å²) in [7, 11) is 0. The number of hydrogen-bond donors (Lipinski definition) is 1. The third-order valence-electron chi connectivity index (χ3n) is 3.53. The molecule has 2 aromatic heterocycles. The Labute approximate surface area is 127 Å². The molecule has 0 aliphatic heterocycles. The molecule has 0 radical (unpaired) electrons. The number of amides is 1. The molecule has 1 N–H and O–H groups in total. The van der Waals surface area contributed by atoms with Gasteiger partial charge < -0.3 is 14.4 Å². The molecule has 0 saturated carbocycles. The smallest absolute Gasteiger partial charge is 0.262 e. The molecule has 2 heterocycles. The normalized spacial score (nSPS) is 10.7. The van der Waals surface area contributed by atoms with E-state index in [0.29, 0.717) is 28.6 Å². The Morgan fingerprint density at radius 1 is 1.00 bits per heavy atom. The number of anilines is 1. The van der Waals surface area contributed by atoms with E-state index in [1.165, 1.54) is 0 Å². The molecule has 22 heavy (non-hydrogen) atoms. The number of carbonyl (C=O) groups is 1. The van der Waals surface area contributed by atoms with Crippen LogP contribution in [0.1, 0.15) is 27.4 Å². The zero-order valence-electron chi connectivity index (χ0n) is 12.5. The van der Waals surface area contributed by atoms with Crippen molar-refractivity contribution < 1.29 is 13.8 Å². The lowest BCUT2D eigenvalue weighted by Crippen LogP contribution is -2.14. The second kappa shape index (κ2) is 5.48. The lowest BCUT2D eigenvalue weighted by molar-refractivity contribution is 0.102. The van der Waals surface area contributed by atoms with E-state index in [0.717, 1.165) is 11.1 Å². The summed E-state index contributed by atoms with van der Waals surface area (Å²) in [5.41, 5.74) is 2.51.